The quantitative estimate of drug-likeness (QED) is 0.702. The second kappa shape index (κ2) is 7.35. The van der Waals surface area contributed by atoms with Gasteiger partial charge in [0.15, 0.2) is 0 Å². The highest BCUT2D eigenvalue weighted by Crippen LogP contribution is 2.34. The maximum Gasteiger partial charge on any atom is 0.445 e. The highest BCUT2D eigenvalue weighted by atomic mass is 79.9. The number of rotatable bonds is 2. The van der Waals surface area contributed by atoms with E-state index >= 15 is 0 Å². The van der Waals surface area contributed by atoms with E-state index in [0.717, 1.165) is 0 Å². The van der Waals surface area contributed by atoms with Crippen LogP contribution in [0.1, 0.15) is 5.01 Å². The number of benzene rings is 1. The van der Waals surface area contributed by atoms with Crippen LogP contribution in [0.4, 0.5) is 33.2 Å². The third-order valence-corrected chi connectivity index (χ3v) is 5.09. The molecule has 2 aromatic rings. The Balaban J connectivity index is 1.58. The third-order valence-electron chi connectivity index (χ3n) is 3.61. The second-order valence-electron chi connectivity index (χ2n) is 5.45. The molecule has 0 radical (unpaired) electrons. The van der Waals surface area contributed by atoms with Gasteiger partial charge in [0.2, 0.25) is 10.1 Å². The van der Waals surface area contributed by atoms with Crippen molar-refractivity contribution in [3.8, 4) is 0 Å². The van der Waals surface area contributed by atoms with Gasteiger partial charge in [0.25, 0.3) is 0 Å². The molecule has 0 spiro atoms. The van der Waals surface area contributed by atoms with Gasteiger partial charge < -0.3 is 15.1 Å². The van der Waals surface area contributed by atoms with E-state index in [4.69, 9.17) is 0 Å². The maximum absolute atomic E-state index is 13.4. The van der Waals surface area contributed by atoms with Crippen molar-refractivity contribution >= 4 is 44.1 Å². The molecule has 1 N–H and O–H groups in total. The molecule has 3 rings (SSSR count). The lowest BCUT2D eigenvalue weighted by Gasteiger charge is -2.34. The smallest absolute Gasteiger partial charge is 0.343 e. The average molecular weight is 454 g/mol. The van der Waals surface area contributed by atoms with Gasteiger partial charge in [-0.2, -0.15) is 13.2 Å². The first kappa shape index (κ1) is 18.8. The minimum absolute atomic E-state index is 0.173. The Bertz CT molecular complexity index is 787. The molecule has 0 atom stereocenters. The van der Waals surface area contributed by atoms with Gasteiger partial charge in [0, 0.05) is 36.3 Å². The van der Waals surface area contributed by atoms with E-state index < -0.39 is 23.0 Å². The van der Waals surface area contributed by atoms with Crippen molar-refractivity contribution < 1.29 is 22.4 Å². The Kier molecular flexibility index (Phi) is 5.32. The minimum Gasteiger partial charge on any atom is -0.343 e. The zero-order valence-corrected chi connectivity index (χ0v) is 15.5. The number of nitrogens with one attached hydrogen (secondary N) is 1. The van der Waals surface area contributed by atoms with Gasteiger partial charge in [-0.25, -0.2) is 9.18 Å². The van der Waals surface area contributed by atoms with Gasteiger partial charge in [-0.3, -0.25) is 0 Å². The molecule has 1 aliphatic rings. The largest absolute Gasteiger partial charge is 0.445 e. The normalized spacial score (nSPS) is 15.3. The number of amides is 2. The number of alkyl halides is 3. The van der Waals surface area contributed by atoms with Gasteiger partial charge in [0.1, 0.15) is 5.82 Å². The van der Waals surface area contributed by atoms with E-state index in [-0.39, 0.29) is 5.13 Å². The van der Waals surface area contributed by atoms with Gasteiger partial charge in [-0.15, -0.1) is 10.2 Å². The maximum atomic E-state index is 13.4. The molecule has 140 valence electrons. The summed E-state index contributed by atoms with van der Waals surface area (Å²) >= 11 is 3.62. The fourth-order valence-electron chi connectivity index (χ4n) is 2.39. The summed E-state index contributed by atoms with van der Waals surface area (Å²) in [6.07, 6.45) is -4.52. The number of urea groups is 1. The van der Waals surface area contributed by atoms with Crippen molar-refractivity contribution in [2.24, 2.45) is 0 Å². The van der Waals surface area contributed by atoms with Crippen LogP contribution in [-0.4, -0.2) is 47.3 Å². The SMILES string of the molecule is O=C(Nc1cc(F)cc(Br)c1)N1CCN(c2nnc(C(F)(F)F)s2)CC1. The number of nitrogens with zero attached hydrogens (tertiary/aromatic N) is 4. The topological polar surface area (TPSA) is 61.4 Å². The van der Waals surface area contributed by atoms with Crippen molar-refractivity contribution in [3.63, 3.8) is 0 Å². The van der Waals surface area contributed by atoms with E-state index in [2.05, 4.69) is 31.4 Å². The van der Waals surface area contributed by atoms with Crippen molar-refractivity contribution in [2.45, 2.75) is 6.18 Å². The van der Waals surface area contributed by atoms with E-state index in [1.807, 2.05) is 0 Å². The number of hydrogen-bond donors (Lipinski definition) is 1. The molecule has 12 heteroatoms. The van der Waals surface area contributed by atoms with Crippen LogP contribution in [-0.2, 0) is 6.18 Å². The summed E-state index contributed by atoms with van der Waals surface area (Å²) in [6.45, 7) is 1.24. The second-order valence-corrected chi connectivity index (χ2v) is 7.32. The fourth-order valence-corrected chi connectivity index (χ4v) is 3.62. The summed E-state index contributed by atoms with van der Waals surface area (Å²) in [5.41, 5.74) is 0.309. The van der Waals surface area contributed by atoms with Crippen LogP contribution in [0, 0.1) is 5.82 Å². The predicted octanol–water partition coefficient (Wildman–Crippen LogP) is 3.81. The van der Waals surface area contributed by atoms with Crippen LogP contribution in [0.15, 0.2) is 22.7 Å². The Hall–Kier alpha value is -1.95. The van der Waals surface area contributed by atoms with Crippen LogP contribution in [0.25, 0.3) is 0 Å². The third kappa shape index (κ3) is 4.41. The van der Waals surface area contributed by atoms with E-state index in [9.17, 15) is 22.4 Å². The van der Waals surface area contributed by atoms with Crippen molar-refractivity contribution in [3.05, 3.63) is 33.5 Å². The van der Waals surface area contributed by atoms with Crippen LogP contribution in [0.2, 0.25) is 0 Å². The number of hydrogen-bond acceptors (Lipinski definition) is 5. The molecule has 0 aliphatic carbocycles. The molecule has 2 heterocycles. The molecule has 0 bridgehead atoms. The molecule has 1 fully saturated rings. The lowest BCUT2D eigenvalue weighted by molar-refractivity contribution is -0.138. The van der Waals surface area contributed by atoms with E-state index in [1.165, 1.54) is 17.0 Å². The molecule has 6 nitrogen and oxygen atoms in total. The zero-order valence-electron chi connectivity index (χ0n) is 13.1. The molecular formula is C14H12BrF4N5OS. The lowest BCUT2D eigenvalue weighted by atomic mass is 10.3. The van der Waals surface area contributed by atoms with E-state index in [0.29, 0.717) is 47.7 Å². The van der Waals surface area contributed by atoms with E-state index in [1.54, 1.807) is 11.0 Å². The number of carbonyl (C=O) groups is 1. The zero-order chi connectivity index (χ0) is 18.9. The van der Waals surface area contributed by atoms with Crippen LogP contribution in [0.5, 0.6) is 0 Å². The number of piperazine rings is 1. The lowest BCUT2D eigenvalue weighted by Crippen LogP contribution is -2.50. The Morgan fingerprint density at radius 2 is 1.85 bits per heavy atom. The Morgan fingerprint density at radius 3 is 2.42 bits per heavy atom. The van der Waals surface area contributed by atoms with Crippen molar-refractivity contribution in [1.29, 1.82) is 0 Å². The molecule has 1 aromatic carbocycles. The van der Waals surface area contributed by atoms with Crippen molar-refractivity contribution in [2.75, 3.05) is 36.4 Å². The van der Waals surface area contributed by atoms with Crippen molar-refractivity contribution in [1.82, 2.24) is 15.1 Å². The first-order valence-electron chi connectivity index (χ1n) is 7.40. The number of halogens is 5. The Morgan fingerprint density at radius 1 is 1.15 bits per heavy atom. The summed E-state index contributed by atoms with van der Waals surface area (Å²) in [6, 6.07) is 3.62. The number of aromatic nitrogens is 2. The summed E-state index contributed by atoms with van der Waals surface area (Å²) in [5.74, 6) is -0.490. The molecule has 26 heavy (non-hydrogen) atoms. The van der Waals surface area contributed by atoms with Gasteiger partial charge >= 0.3 is 12.2 Å². The summed E-state index contributed by atoms with van der Waals surface area (Å²) in [5, 5.41) is 8.50. The first-order chi connectivity index (χ1) is 12.2. The summed E-state index contributed by atoms with van der Waals surface area (Å²) in [7, 11) is 0. The monoisotopic (exact) mass is 453 g/mol. The molecule has 0 saturated carbocycles. The van der Waals surface area contributed by atoms with Gasteiger partial charge in [-0.1, -0.05) is 27.3 Å². The summed E-state index contributed by atoms with van der Waals surface area (Å²) < 4.78 is 51.6. The van der Waals surface area contributed by atoms with Crippen LogP contribution < -0.4 is 10.2 Å². The average Bonchev–Trinajstić information content (AvgIpc) is 3.04. The molecule has 0 unspecified atom stereocenters. The highest BCUT2D eigenvalue weighted by Gasteiger charge is 2.36. The number of anilines is 2. The fraction of sp³-hybridized carbons (Fsp3) is 0.357. The molecule has 1 aromatic heterocycles. The predicted molar refractivity (Wildman–Crippen MR) is 91.8 cm³/mol. The van der Waals surface area contributed by atoms with Gasteiger partial charge in [-0.05, 0) is 18.2 Å². The molecule has 1 aliphatic heterocycles. The standard InChI is InChI=1S/C14H12BrF4N5OS/c15-8-5-9(16)7-10(6-8)20-12(25)23-1-3-24(4-2-23)13-22-21-11(26-13)14(17,18)19/h5-7H,1-4H2,(H,20,25). The highest BCUT2D eigenvalue weighted by molar-refractivity contribution is 9.10. The molecule has 1 saturated heterocycles. The van der Waals surface area contributed by atoms with Gasteiger partial charge in [0.05, 0.1) is 0 Å². The van der Waals surface area contributed by atoms with Crippen LogP contribution in [0.3, 0.4) is 0 Å². The molecular weight excluding hydrogens is 442 g/mol. The molecule has 2 amide bonds. The minimum atomic E-state index is -4.52. The number of carbonyl (C=O) groups excluding carboxylic acids is 1. The summed E-state index contributed by atoms with van der Waals surface area (Å²) in [4.78, 5) is 15.4. The Labute approximate surface area is 157 Å². The first-order valence-corrected chi connectivity index (χ1v) is 9.01. The van der Waals surface area contributed by atoms with Crippen LogP contribution >= 0.6 is 27.3 Å².